The van der Waals surface area contributed by atoms with Crippen LogP contribution in [-0.2, 0) is 24.8 Å². The Morgan fingerprint density at radius 2 is 1.73 bits per heavy atom. The van der Waals surface area contributed by atoms with E-state index in [-0.39, 0.29) is 35.9 Å². The molecular weight excluding hydrogens is 699 g/mol. The van der Waals surface area contributed by atoms with Crippen molar-refractivity contribution in [3.05, 3.63) is 130 Å². The van der Waals surface area contributed by atoms with Gasteiger partial charge in [-0.25, -0.2) is 4.98 Å². The smallest absolute Gasteiger partial charge is 0.265 e. The summed E-state index contributed by atoms with van der Waals surface area (Å²) < 4.78 is 7.48. The molecule has 52 heavy (non-hydrogen) atoms. The van der Waals surface area contributed by atoms with Gasteiger partial charge in [-0.2, -0.15) is 5.26 Å². The summed E-state index contributed by atoms with van der Waals surface area (Å²) in [6.45, 7) is 6.07. The van der Waals surface area contributed by atoms with E-state index in [2.05, 4.69) is 34.2 Å². The third-order valence-corrected chi connectivity index (χ3v) is 10.1. The molecule has 1 saturated heterocycles. The number of phenols is 1. The monoisotopic (exact) mass is 736 g/mol. The van der Waals surface area contributed by atoms with Gasteiger partial charge in [0.15, 0.2) is 0 Å². The number of pyridine rings is 1. The number of carbonyl (C=O) groups excluding carboxylic acids is 2. The molecule has 2 amide bonds. The molecule has 266 valence electrons. The normalized spacial score (nSPS) is 15.7. The van der Waals surface area contributed by atoms with Crippen molar-refractivity contribution in [3.63, 3.8) is 0 Å². The van der Waals surface area contributed by atoms with Crippen molar-refractivity contribution in [1.82, 2.24) is 19.4 Å². The molecule has 4 heterocycles. The highest BCUT2D eigenvalue weighted by atomic mass is 35.5. The van der Waals surface area contributed by atoms with Crippen molar-refractivity contribution in [2.24, 2.45) is 7.05 Å². The van der Waals surface area contributed by atoms with Gasteiger partial charge in [0, 0.05) is 73.0 Å². The number of hydrogen-bond acceptors (Lipinski definition) is 7. The van der Waals surface area contributed by atoms with Crippen LogP contribution >= 0.6 is 24.0 Å². The molecule has 7 rings (SSSR count). The Bertz CT molecular complexity index is 2160. The van der Waals surface area contributed by atoms with Crippen molar-refractivity contribution in [2.45, 2.75) is 25.9 Å². The highest BCUT2D eigenvalue weighted by Gasteiger charge is 2.34. The fourth-order valence-corrected chi connectivity index (χ4v) is 7.17. The highest BCUT2D eigenvalue weighted by Crippen LogP contribution is 2.36. The number of rotatable bonds is 7. The van der Waals surface area contributed by atoms with Crippen LogP contribution in [0.15, 0.2) is 91.1 Å². The second-order valence-electron chi connectivity index (χ2n) is 12.9. The Labute approximate surface area is 313 Å². The standard InChI is InChI=1S/C40H37ClN6O4.ClH/c1-26-35(40(50)47(31-8-10-33(48)11-9-31)38-19-27(23-42)13-14-43-38)22-37(44(26)2)36-21-30(41)7-12-34(36)39(49)46-24-29-6-4-3-5-28(29)20-32(46)25-45-15-17-51-18-16-45;/h3-14,19,21-22,32,48H,15-18,20,24-25H2,1-2H3;1H/t32-;/m0./s1. The van der Waals surface area contributed by atoms with Gasteiger partial charge in [-0.15, -0.1) is 12.4 Å². The zero-order valence-electron chi connectivity index (χ0n) is 28.8. The van der Waals surface area contributed by atoms with Crippen LogP contribution in [0.2, 0.25) is 5.02 Å². The molecule has 0 unspecified atom stereocenters. The lowest BCUT2D eigenvalue weighted by Gasteiger charge is -2.40. The number of phenolic OH excluding ortho intramolecular Hbond substituents is 1. The van der Waals surface area contributed by atoms with Crippen molar-refractivity contribution in [3.8, 4) is 23.1 Å². The predicted molar refractivity (Wildman–Crippen MR) is 202 cm³/mol. The number of carbonyl (C=O) groups is 2. The summed E-state index contributed by atoms with van der Waals surface area (Å²) in [5, 5.41) is 20.0. The molecule has 1 N–H and O–H groups in total. The number of morpholine rings is 1. The Balaban J connectivity index is 0.00000464. The third-order valence-electron chi connectivity index (χ3n) is 9.86. The molecule has 1 atom stereocenters. The van der Waals surface area contributed by atoms with Crippen LogP contribution in [0.5, 0.6) is 5.75 Å². The molecule has 0 saturated carbocycles. The number of fused-ring (bicyclic) bond motifs is 1. The second kappa shape index (κ2) is 15.6. The number of amides is 2. The molecular formula is C40H38Cl2N6O4. The van der Waals surface area contributed by atoms with Gasteiger partial charge in [-0.3, -0.25) is 19.4 Å². The van der Waals surface area contributed by atoms with Crippen LogP contribution in [-0.4, -0.2) is 75.2 Å². The molecule has 0 radical (unpaired) electrons. The lowest BCUT2D eigenvalue weighted by Crippen LogP contribution is -2.52. The molecule has 0 spiro atoms. The number of benzene rings is 3. The van der Waals surface area contributed by atoms with E-state index in [9.17, 15) is 20.0 Å². The Morgan fingerprint density at radius 3 is 2.46 bits per heavy atom. The molecule has 12 heteroatoms. The predicted octanol–water partition coefficient (Wildman–Crippen LogP) is 6.93. The van der Waals surface area contributed by atoms with E-state index in [1.165, 1.54) is 28.8 Å². The number of hydrogen-bond donors (Lipinski definition) is 1. The van der Waals surface area contributed by atoms with Gasteiger partial charge in [-0.1, -0.05) is 35.9 Å². The third kappa shape index (κ3) is 7.27. The summed E-state index contributed by atoms with van der Waals surface area (Å²) >= 11 is 6.61. The second-order valence-corrected chi connectivity index (χ2v) is 13.4. The van der Waals surface area contributed by atoms with E-state index < -0.39 is 5.91 Å². The van der Waals surface area contributed by atoms with Crippen LogP contribution in [0.25, 0.3) is 11.3 Å². The van der Waals surface area contributed by atoms with E-state index in [1.54, 1.807) is 48.5 Å². The molecule has 2 aliphatic heterocycles. The van der Waals surface area contributed by atoms with Crippen LogP contribution in [0, 0.1) is 18.3 Å². The summed E-state index contributed by atoms with van der Waals surface area (Å²) in [5.41, 5.74) is 5.97. The zero-order chi connectivity index (χ0) is 35.6. The number of aromatic nitrogens is 2. The number of nitriles is 1. The summed E-state index contributed by atoms with van der Waals surface area (Å²) in [6, 6.07) is 26.7. The lowest BCUT2D eigenvalue weighted by atomic mass is 9.92. The van der Waals surface area contributed by atoms with E-state index in [1.807, 2.05) is 29.5 Å². The summed E-state index contributed by atoms with van der Waals surface area (Å²) in [7, 11) is 1.86. The average molecular weight is 738 g/mol. The number of nitrogens with zero attached hydrogens (tertiary/aromatic N) is 6. The van der Waals surface area contributed by atoms with Crippen LogP contribution in [0.1, 0.15) is 43.1 Å². The van der Waals surface area contributed by atoms with Crippen molar-refractivity contribution in [1.29, 1.82) is 5.26 Å². The first-order chi connectivity index (χ1) is 24.7. The first-order valence-electron chi connectivity index (χ1n) is 16.9. The molecule has 3 aromatic carbocycles. The van der Waals surface area contributed by atoms with E-state index in [0.29, 0.717) is 64.1 Å². The molecule has 1 fully saturated rings. The van der Waals surface area contributed by atoms with Gasteiger partial charge in [0.2, 0.25) is 0 Å². The number of halogens is 2. The minimum absolute atomic E-state index is 0. The van der Waals surface area contributed by atoms with E-state index in [4.69, 9.17) is 16.3 Å². The largest absolute Gasteiger partial charge is 0.508 e. The quantitative estimate of drug-likeness (QED) is 0.193. The van der Waals surface area contributed by atoms with Gasteiger partial charge in [0.25, 0.3) is 11.8 Å². The fraction of sp³-hybridized carbons (Fsp3) is 0.250. The van der Waals surface area contributed by atoms with E-state index in [0.717, 1.165) is 31.6 Å². The SMILES string of the molecule is Cc1c(C(=O)N(c2ccc(O)cc2)c2cc(C#N)ccn2)cc(-c2cc(Cl)ccc2C(=O)N2Cc3ccccc3C[C@H]2CN2CCOCC2)n1C.Cl. The molecule has 0 aliphatic carbocycles. The molecule has 0 bridgehead atoms. The maximum absolute atomic E-state index is 14.8. The zero-order valence-corrected chi connectivity index (χ0v) is 30.4. The van der Waals surface area contributed by atoms with Gasteiger partial charge in [-0.05, 0) is 85.1 Å². The van der Waals surface area contributed by atoms with Gasteiger partial charge in [0.05, 0.1) is 36.1 Å². The first-order valence-corrected chi connectivity index (χ1v) is 17.2. The summed E-state index contributed by atoms with van der Waals surface area (Å²) in [6.07, 6.45) is 2.23. The summed E-state index contributed by atoms with van der Waals surface area (Å²) in [5.74, 6) is -0.199. The molecule has 2 aliphatic rings. The highest BCUT2D eigenvalue weighted by molar-refractivity contribution is 6.31. The van der Waals surface area contributed by atoms with Crippen LogP contribution < -0.4 is 4.90 Å². The Kier molecular flexibility index (Phi) is 11.0. The van der Waals surface area contributed by atoms with Gasteiger partial charge in [0.1, 0.15) is 11.6 Å². The van der Waals surface area contributed by atoms with Crippen LogP contribution in [0.3, 0.4) is 0 Å². The maximum Gasteiger partial charge on any atom is 0.265 e. The van der Waals surface area contributed by atoms with Gasteiger partial charge < -0.3 is 19.3 Å². The number of anilines is 2. The Morgan fingerprint density at radius 1 is 1.00 bits per heavy atom. The minimum atomic E-state index is -0.393. The number of aromatic hydroxyl groups is 1. The first kappa shape index (κ1) is 36.6. The van der Waals surface area contributed by atoms with Crippen molar-refractivity contribution >= 4 is 47.3 Å². The minimum Gasteiger partial charge on any atom is -0.508 e. The van der Waals surface area contributed by atoms with Gasteiger partial charge >= 0.3 is 0 Å². The topological polar surface area (TPSA) is 115 Å². The lowest BCUT2D eigenvalue weighted by molar-refractivity contribution is 0.0193. The fourth-order valence-electron chi connectivity index (χ4n) is 7.00. The molecule has 5 aromatic rings. The van der Waals surface area contributed by atoms with Crippen molar-refractivity contribution in [2.75, 3.05) is 37.7 Å². The van der Waals surface area contributed by atoms with Crippen molar-refractivity contribution < 1.29 is 19.4 Å². The summed E-state index contributed by atoms with van der Waals surface area (Å²) in [4.78, 5) is 39.5. The van der Waals surface area contributed by atoms with Crippen LogP contribution in [0.4, 0.5) is 11.5 Å². The van der Waals surface area contributed by atoms with E-state index >= 15 is 0 Å². The Hall–Kier alpha value is -5.18. The number of ether oxygens (including phenoxy) is 1. The molecule has 10 nitrogen and oxygen atoms in total. The maximum atomic E-state index is 14.8. The average Bonchev–Trinajstić information content (AvgIpc) is 3.45. The molecule has 2 aromatic heterocycles.